The molecule has 5 aromatic rings. The third-order valence-corrected chi connectivity index (χ3v) is 7.94. The van der Waals surface area contributed by atoms with Crippen LogP contribution in [-0.4, -0.2) is 18.0 Å². The molecule has 0 saturated carbocycles. The molecule has 2 heterocycles. The van der Waals surface area contributed by atoms with E-state index in [1.165, 1.54) is 44.5 Å². The standard InChI is InChI=1S/C35H36N2Si/c1-21-16-23(3)31(24(4)17-21)30-13-12-27-10-11-28-20-29(14-15-38(7,8)9)33(37-35(28)34(27)36-30)32-25(5)18-22(2)19-26(32)6/h10-13,16-20H,1-9H3. The predicted molar refractivity (Wildman–Crippen MR) is 167 cm³/mol. The molecule has 0 bridgehead atoms. The van der Waals surface area contributed by atoms with Gasteiger partial charge in [-0.1, -0.05) is 79.2 Å². The van der Waals surface area contributed by atoms with Crippen molar-refractivity contribution in [2.24, 2.45) is 0 Å². The van der Waals surface area contributed by atoms with Gasteiger partial charge in [0.05, 0.1) is 28.0 Å². The van der Waals surface area contributed by atoms with Gasteiger partial charge in [0.25, 0.3) is 0 Å². The average molecular weight is 513 g/mol. The number of aromatic nitrogens is 2. The molecule has 3 aromatic carbocycles. The molecule has 0 amide bonds. The molecule has 2 aromatic heterocycles. The number of aryl methyl sites for hydroxylation is 6. The highest BCUT2D eigenvalue weighted by Gasteiger charge is 2.17. The van der Waals surface area contributed by atoms with Gasteiger partial charge in [-0.25, -0.2) is 9.97 Å². The summed E-state index contributed by atoms with van der Waals surface area (Å²) in [7, 11) is -1.57. The average Bonchev–Trinajstić information content (AvgIpc) is 2.81. The van der Waals surface area contributed by atoms with Crippen LogP contribution in [0.2, 0.25) is 19.6 Å². The van der Waals surface area contributed by atoms with Crippen LogP contribution in [0.25, 0.3) is 44.3 Å². The van der Waals surface area contributed by atoms with E-state index in [-0.39, 0.29) is 0 Å². The van der Waals surface area contributed by atoms with Gasteiger partial charge in [0, 0.05) is 21.9 Å². The van der Waals surface area contributed by atoms with Crippen molar-refractivity contribution in [1.29, 1.82) is 0 Å². The van der Waals surface area contributed by atoms with Gasteiger partial charge in [-0.15, -0.1) is 5.54 Å². The molecule has 5 rings (SSSR count). The van der Waals surface area contributed by atoms with Crippen LogP contribution >= 0.6 is 0 Å². The summed E-state index contributed by atoms with van der Waals surface area (Å²) in [6.07, 6.45) is 0. The largest absolute Gasteiger partial charge is 0.245 e. The van der Waals surface area contributed by atoms with Crippen molar-refractivity contribution >= 4 is 29.9 Å². The first-order valence-electron chi connectivity index (χ1n) is 13.4. The van der Waals surface area contributed by atoms with Crippen LogP contribution < -0.4 is 0 Å². The lowest BCUT2D eigenvalue weighted by atomic mass is 9.93. The van der Waals surface area contributed by atoms with Crippen molar-refractivity contribution in [1.82, 2.24) is 9.97 Å². The summed E-state index contributed by atoms with van der Waals surface area (Å²) in [6.45, 7) is 19.9. The molecule has 0 aliphatic heterocycles. The number of fused-ring (bicyclic) bond motifs is 3. The summed E-state index contributed by atoms with van der Waals surface area (Å²) in [6, 6.07) is 19.8. The molecule has 190 valence electrons. The zero-order valence-electron chi connectivity index (χ0n) is 24.1. The van der Waals surface area contributed by atoms with Crippen molar-refractivity contribution in [2.75, 3.05) is 0 Å². The zero-order chi connectivity index (χ0) is 27.4. The van der Waals surface area contributed by atoms with Crippen LogP contribution in [0.1, 0.15) is 38.9 Å². The summed E-state index contributed by atoms with van der Waals surface area (Å²) in [5, 5.41) is 2.17. The fourth-order valence-electron chi connectivity index (χ4n) is 5.64. The van der Waals surface area contributed by atoms with Gasteiger partial charge in [-0.05, 0) is 75.9 Å². The lowest BCUT2D eigenvalue weighted by Gasteiger charge is -2.15. The Kier molecular flexibility index (Phi) is 6.49. The van der Waals surface area contributed by atoms with Crippen molar-refractivity contribution in [3.05, 3.63) is 93.5 Å². The second-order valence-corrected chi connectivity index (χ2v) is 16.6. The molecular weight excluding hydrogens is 476 g/mol. The van der Waals surface area contributed by atoms with E-state index in [4.69, 9.17) is 9.97 Å². The Morgan fingerprint density at radius 3 is 1.66 bits per heavy atom. The number of pyridine rings is 2. The number of benzene rings is 3. The number of rotatable bonds is 2. The smallest absolute Gasteiger partial charge is 0.129 e. The van der Waals surface area contributed by atoms with Crippen LogP contribution in [0.5, 0.6) is 0 Å². The summed E-state index contributed by atoms with van der Waals surface area (Å²) in [4.78, 5) is 10.6. The first kappa shape index (κ1) is 25.9. The van der Waals surface area contributed by atoms with Crippen molar-refractivity contribution in [2.45, 2.75) is 61.2 Å². The van der Waals surface area contributed by atoms with Crippen LogP contribution in [0.3, 0.4) is 0 Å². The minimum absolute atomic E-state index is 0.930. The Morgan fingerprint density at radius 1 is 0.579 bits per heavy atom. The number of hydrogen-bond acceptors (Lipinski definition) is 2. The molecule has 0 atom stereocenters. The molecule has 0 fully saturated rings. The minimum atomic E-state index is -1.57. The molecule has 0 aliphatic carbocycles. The lowest BCUT2D eigenvalue weighted by Crippen LogP contribution is -2.16. The molecule has 0 aliphatic rings. The van der Waals surface area contributed by atoms with Gasteiger partial charge < -0.3 is 0 Å². The molecule has 38 heavy (non-hydrogen) atoms. The van der Waals surface area contributed by atoms with E-state index >= 15 is 0 Å². The monoisotopic (exact) mass is 512 g/mol. The van der Waals surface area contributed by atoms with Crippen molar-refractivity contribution < 1.29 is 0 Å². The van der Waals surface area contributed by atoms with E-state index in [1.807, 2.05) is 0 Å². The highest BCUT2D eigenvalue weighted by atomic mass is 28.3. The van der Waals surface area contributed by atoms with Crippen LogP contribution in [0, 0.1) is 53.0 Å². The van der Waals surface area contributed by atoms with E-state index in [0.29, 0.717) is 0 Å². The maximum absolute atomic E-state index is 5.37. The van der Waals surface area contributed by atoms with Gasteiger partial charge in [0.2, 0.25) is 0 Å². The van der Waals surface area contributed by atoms with E-state index in [1.54, 1.807) is 0 Å². The first-order chi connectivity index (χ1) is 17.9. The Morgan fingerprint density at radius 2 is 1.08 bits per heavy atom. The highest BCUT2D eigenvalue weighted by molar-refractivity contribution is 6.83. The summed E-state index contributed by atoms with van der Waals surface area (Å²) < 4.78 is 0. The fourth-order valence-corrected chi connectivity index (χ4v) is 6.15. The quantitative estimate of drug-likeness (QED) is 0.134. The van der Waals surface area contributed by atoms with Crippen LogP contribution in [0.15, 0.2) is 54.6 Å². The Labute approximate surface area is 228 Å². The Hall–Kier alpha value is -3.74. The normalized spacial score (nSPS) is 11.6. The number of hydrogen-bond donors (Lipinski definition) is 0. The van der Waals surface area contributed by atoms with E-state index in [2.05, 4.69) is 127 Å². The maximum atomic E-state index is 5.37. The summed E-state index contributed by atoms with van der Waals surface area (Å²) >= 11 is 0. The molecule has 0 spiro atoms. The minimum Gasteiger partial charge on any atom is -0.245 e. The first-order valence-corrected chi connectivity index (χ1v) is 16.9. The molecule has 0 N–H and O–H groups in total. The second kappa shape index (κ2) is 9.53. The predicted octanol–water partition coefficient (Wildman–Crippen LogP) is 9.20. The van der Waals surface area contributed by atoms with Crippen molar-refractivity contribution in [3.8, 4) is 34.0 Å². The van der Waals surface area contributed by atoms with Crippen LogP contribution in [0.4, 0.5) is 0 Å². The van der Waals surface area contributed by atoms with Gasteiger partial charge in [0.15, 0.2) is 0 Å². The molecular formula is C35H36N2Si. The van der Waals surface area contributed by atoms with Gasteiger partial charge in [-0.3, -0.25) is 0 Å². The van der Waals surface area contributed by atoms with E-state index in [0.717, 1.165) is 38.8 Å². The number of nitrogens with zero attached hydrogens (tertiary/aromatic N) is 2. The molecule has 0 radical (unpaired) electrons. The molecule has 3 heteroatoms. The fraction of sp³-hybridized carbons (Fsp3) is 0.257. The molecule has 2 nitrogen and oxygen atoms in total. The van der Waals surface area contributed by atoms with E-state index in [9.17, 15) is 0 Å². The van der Waals surface area contributed by atoms with E-state index < -0.39 is 8.07 Å². The lowest BCUT2D eigenvalue weighted by molar-refractivity contribution is 1.27. The third-order valence-electron chi connectivity index (χ3n) is 7.06. The molecule has 0 unspecified atom stereocenters. The van der Waals surface area contributed by atoms with Gasteiger partial charge in [0.1, 0.15) is 8.07 Å². The van der Waals surface area contributed by atoms with Gasteiger partial charge >= 0.3 is 0 Å². The summed E-state index contributed by atoms with van der Waals surface area (Å²) in [5.41, 5.74) is 18.3. The summed E-state index contributed by atoms with van der Waals surface area (Å²) in [5.74, 6) is 3.55. The van der Waals surface area contributed by atoms with Crippen LogP contribution in [-0.2, 0) is 0 Å². The van der Waals surface area contributed by atoms with Gasteiger partial charge in [-0.2, -0.15) is 0 Å². The Bertz CT molecular complexity index is 1760. The topological polar surface area (TPSA) is 25.8 Å². The Balaban J connectivity index is 1.85. The second-order valence-electron chi connectivity index (χ2n) is 11.8. The zero-order valence-corrected chi connectivity index (χ0v) is 25.1. The SMILES string of the molecule is Cc1cc(C)c(-c2ccc3ccc4cc(C#C[Si](C)(C)C)c(-c5c(C)cc(C)cc5C)nc4c3n2)c(C)c1. The third kappa shape index (κ3) is 4.89. The molecule has 0 saturated heterocycles. The van der Waals surface area contributed by atoms with Crippen molar-refractivity contribution in [3.63, 3.8) is 0 Å². The maximum Gasteiger partial charge on any atom is 0.129 e. The highest BCUT2D eigenvalue weighted by Crippen LogP contribution is 2.35.